The van der Waals surface area contributed by atoms with Gasteiger partial charge in [-0.1, -0.05) is 18.2 Å². The smallest absolute Gasteiger partial charge is 0.256 e. The van der Waals surface area contributed by atoms with Crippen LogP contribution in [0.1, 0.15) is 36.2 Å². The average molecular weight is 304 g/mol. The van der Waals surface area contributed by atoms with E-state index >= 15 is 0 Å². The van der Waals surface area contributed by atoms with Crippen molar-refractivity contribution in [3.8, 4) is 11.1 Å². The van der Waals surface area contributed by atoms with Gasteiger partial charge in [0.15, 0.2) is 5.78 Å². The van der Waals surface area contributed by atoms with Gasteiger partial charge < -0.3 is 0 Å². The normalized spacial score (nSPS) is 14.7. The first kappa shape index (κ1) is 14.0. The fraction of sp³-hybridized carbons (Fsp3) is 0.333. The van der Waals surface area contributed by atoms with Gasteiger partial charge >= 0.3 is 0 Å². The zero-order chi connectivity index (χ0) is 15.2. The SMILES string of the molecule is CC(C)S(=O)(=O)n1cc(-c2cccc3c2CCC3=O)cn1. The number of carbonyl (C=O) groups is 1. The molecule has 0 saturated carbocycles. The molecule has 21 heavy (non-hydrogen) atoms. The Bertz CT molecular complexity index is 819. The number of ketones is 1. The zero-order valence-electron chi connectivity index (χ0n) is 11.9. The first-order valence-electron chi connectivity index (χ1n) is 6.86. The van der Waals surface area contributed by atoms with Crippen molar-refractivity contribution >= 4 is 15.8 Å². The molecule has 2 aromatic rings. The molecule has 0 saturated heterocycles. The number of hydrogen-bond acceptors (Lipinski definition) is 4. The van der Waals surface area contributed by atoms with E-state index in [1.807, 2.05) is 18.2 Å². The Kier molecular flexibility index (Phi) is 3.20. The van der Waals surface area contributed by atoms with Crippen molar-refractivity contribution in [1.29, 1.82) is 0 Å². The van der Waals surface area contributed by atoms with Gasteiger partial charge in [0.05, 0.1) is 17.6 Å². The highest BCUT2D eigenvalue weighted by Gasteiger charge is 2.24. The van der Waals surface area contributed by atoms with Crippen LogP contribution >= 0.6 is 0 Å². The van der Waals surface area contributed by atoms with Crippen LogP contribution in [0, 0.1) is 0 Å². The fourth-order valence-corrected chi connectivity index (χ4v) is 3.43. The number of carbonyl (C=O) groups excluding carboxylic acids is 1. The molecule has 0 bridgehead atoms. The summed E-state index contributed by atoms with van der Waals surface area (Å²) in [5.41, 5.74) is 3.35. The number of rotatable bonds is 3. The Morgan fingerprint density at radius 2 is 1.90 bits per heavy atom. The third-order valence-corrected chi connectivity index (χ3v) is 5.72. The Balaban J connectivity index is 2.09. The van der Waals surface area contributed by atoms with E-state index in [-0.39, 0.29) is 5.78 Å². The molecule has 0 radical (unpaired) electrons. The van der Waals surface area contributed by atoms with Crippen LogP contribution in [0.5, 0.6) is 0 Å². The summed E-state index contributed by atoms with van der Waals surface area (Å²) in [6, 6.07) is 5.55. The minimum Gasteiger partial charge on any atom is -0.294 e. The number of Topliss-reactive ketones (excluding diaryl/α,β-unsaturated/α-hetero) is 1. The van der Waals surface area contributed by atoms with E-state index in [1.54, 1.807) is 20.0 Å². The third-order valence-electron chi connectivity index (χ3n) is 3.81. The quantitative estimate of drug-likeness (QED) is 0.872. The van der Waals surface area contributed by atoms with Gasteiger partial charge in [-0.3, -0.25) is 4.79 Å². The molecular formula is C15H16N2O3S. The van der Waals surface area contributed by atoms with Crippen molar-refractivity contribution in [3.05, 3.63) is 41.7 Å². The van der Waals surface area contributed by atoms with Crippen LogP contribution in [0.25, 0.3) is 11.1 Å². The zero-order valence-corrected chi connectivity index (χ0v) is 12.7. The van der Waals surface area contributed by atoms with Gasteiger partial charge in [-0.15, -0.1) is 0 Å². The summed E-state index contributed by atoms with van der Waals surface area (Å²) < 4.78 is 25.2. The summed E-state index contributed by atoms with van der Waals surface area (Å²) in [5.74, 6) is 0.147. The second-order valence-electron chi connectivity index (χ2n) is 5.45. The van der Waals surface area contributed by atoms with Crippen molar-refractivity contribution in [1.82, 2.24) is 9.19 Å². The maximum Gasteiger partial charge on any atom is 0.256 e. The molecule has 3 rings (SSSR count). The van der Waals surface area contributed by atoms with Crippen LogP contribution in [-0.4, -0.2) is 28.6 Å². The molecule has 5 nitrogen and oxygen atoms in total. The second-order valence-corrected chi connectivity index (χ2v) is 7.80. The Morgan fingerprint density at radius 1 is 1.19 bits per heavy atom. The highest BCUT2D eigenvalue weighted by atomic mass is 32.2. The molecule has 0 unspecified atom stereocenters. The first-order valence-corrected chi connectivity index (χ1v) is 8.36. The summed E-state index contributed by atoms with van der Waals surface area (Å²) in [6.45, 7) is 3.24. The van der Waals surface area contributed by atoms with Gasteiger partial charge in [0, 0.05) is 17.5 Å². The lowest BCUT2D eigenvalue weighted by molar-refractivity contribution is 0.0994. The van der Waals surface area contributed by atoms with Crippen LogP contribution < -0.4 is 0 Å². The molecule has 0 fully saturated rings. The molecule has 1 aliphatic carbocycles. The summed E-state index contributed by atoms with van der Waals surface area (Å²) in [4.78, 5) is 11.8. The Labute approximate surface area is 123 Å². The van der Waals surface area contributed by atoms with Gasteiger partial charge in [0.1, 0.15) is 0 Å². The number of hydrogen-bond donors (Lipinski definition) is 0. The summed E-state index contributed by atoms with van der Waals surface area (Å²) in [5, 5.41) is 3.44. The molecule has 0 atom stereocenters. The Morgan fingerprint density at radius 3 is 2.62 bits per heavy atom. The monoisotopic (exact) mass is 304 g/mol. The molecule has 1 heterocycles. The molecule has 6 heteroatoms. The van der Waals surface area contributed by atoms with Crippen molar-refractivity contribution in [2.24, 2.45) is 0 Å². The van der Waals surface area contributed by atoms with Crippen LogP contribution in [0.2, 0.25) is 0 Å². The van der Waals surface area contributed by atoms with Crippen molar-refractivity contribution in [2.45, 2.75) is 31.9 Å². The molecule has 1 aliphatic rings. The lowest BCUT2D eigenvalue weighted by Crippen LogP contribution is -2.22. The standard InChI is InChI=1S/C15H16N2O3S/c1-10(2)21(19,20)17-9-11(8-16-17)12-4-3-5-14-13(12)6-7-15(14)18/h3-5,8-10H,6-7H2,1-2H3. The molecule has 0 amide bonds. The number of fused-ring (bicyclic) bond motifs is 1. The predicted octanol–water partition coefficient (Wildman–Crippen LogP) is 2.27. The number of nitrogens with zero attached hydrogens (tertiary/aromatic N) is 2. The summed E-state index contributed by atoms with van der Waals surface area (Å²) in [6.07, 6.45) is 4.28. The van der Waals surface area contributed by atoms with Gasteiger partial charge in [-0.2, -0.15) is 9.19 Å². The van der Waals surface area contributed by atoms with Crippen molar-refractivity contribution < 1.29 is 13.2 Å². The lowest BCUT2D eigenvalue weighted by Gasteiger charge is -2.07. The molecule has 110 valence electrons. The van der Waals surface area contributed by atoms with Crippen LogP contribution in [0.3, 0.4) is 0 Å². The number of aromatic nitrogens is 2. The first-order chi connectivity index (χ1) is 9.91. The van der Waals surface area contributed by atoms with Gasteiger partial charge in [-0.05, 0) is 31.4 Å². The molecule has 1 aromatic carbocycles. The minimum absolute atomic E-state index is 0.147. The van der Waals surface area contributed by atoms with Crippen LogP contribution in [0.15, 0.2) is 30.6 Å². The van der Waals surface area contributed by atoms with E-state index < -0.39 is 15.3 Å². The minimum atomic E-state index is -3.45. The van der Waals surface area contributed by atoms with Crippen molar-refractivity contribution in [3.63, 3.8) is 0 Å². The third kappa shape index (κ3) is 2.19. The van der Waals surface area contributed by atoms with E-state index in [4.69, 9.17) is 0 Å². The molecule has 0 aliphatic heterocycles. The average Bonchev–Trinajstić information content (AvgIpc) is 3.06. The van der Waals surface area contributed by atoms with E-state index in [9.17, 15) is 13.2 Å². The largest absolute Gasteiger partial charge is 0.294 e. The molecule has 0 spiro atoms. The van der Waals surface area contributed by atoms with Gasteiger partial charge in [0.2, 0.25) is 0 Å². The van der Waals surface area contributed by atoms with E-state index in [0.29, 0.717) is 12.8 Å². The van der Waals surface area contributed by atoms with Gasteiger partial charge in [-0.25, -0.2) is 8.42 Å². The fourth-order valence-electron chi connectivity index (χ4n) is 2.56. The summed E-state index contributed by atoms with van der Waals surface area (Å²) >= 11 is 0. The Hall–Kier alpha value is -1.95. The second kappa shape index (κ2) is 4.80. The summed E-state index contributed by atoms with van der Waals surface area (Å²) in [7, 11) is -3.45. The van der Waals surface area contributed by atoms with Gasteiger partial charge in [0.25, 0.3) is 10.0 Å². The van der Waals surface area contributed by atoms with Crippen molar-refractivity contribution in [2.75, 3.05) is 0 Å². The van der Waals surface area contributed by atoms with E-state index in [1.165, 1.54) is 6.20 Å². The topological polar surface area (TPSA) is 69.0 Å². The number of benzene rings is 1. The van der Waals surface area contributed by atoms with Crippen LogP contribution in [0.4, 0.5) is 0 Å². The predicted molar refractivity (Wildman–Crippen MR) is 79.8 cm³/mol. The maximum atomic E-state index is 12.1. The lowest BCUT2D eigenvalue weighted by atomic mass is 9.99. The highest BCUT2D eigenvalue weighted by molar-refractivity contribution is 7.90. The van der Waals surface area contributed by atoms with Crippen LogP contribution in [-0.2, 0) is 16.4 Å². The molecular weight excluding hydrogens is 288 g/mol. The molecule has 1 aromatic heterocycles. The highest BCUT2D eigenvalue weighted by Crippen LogP contribution is 2.32. The van der Waals surface area contributed by atoms with E-state index in [2.05, 4.69) is 5.10 Å². The maximum absolute atomic E-state index is 12.1. The van der Waals surface area contributed by atoms with E-state index in [0.717, 1.165) is 26.3 Å². The molecule has 0 N–H and O–H groups in total.